The molecule has 0 bridgehead atoms. The Morgan fingerprint density at radius 1 is 0.179 bits per heavy atom. The minimum Gasteiger partial charge on any atom is -0.315 e. The minimum atomic E-state index is 1.06. The molecule has 0 spiro atoms. The fourth-order valence-electron chi connectivity index (χ4n) is 3.06. The standard InChI is InChI=1S/C20H48N8/c1-5-21-13-15-23-7-2-9-25-17-19-27-11-4-12-28-20-18-26-10-3-8-24-16-14-22-6-1/h21-28H,1-20H2. The van der Waals surface area contributed by atoms with Gasteiger partial charge in [-0.1, -0.05) is 0 Å². The van der Waals surface area contributed by atoms with Crippen LogP contribution >= 0.6 is 0 Å². The summed E-state index contributed by atoms with van der Waals surface area (Å²) in [5.41, 5.74) is 0. The van der Waals surface area contributed by atoms with Gasteiger partial charge in [0.25, 0.3) is 0 Å². The van der Waals surface area contributed by atoms with Crippen molar-refractivity contribution in [2.75, 3.05) is 105 Å². The summed E-state index contributed by atoms with van der Waals surface area (Å²) in [5.74, 6) is 0. The lowest BCUT2D eigenvalue weighted by Crippen LogP contribution is -2.34. The summed E-state index contributed by atoms with van der Waals surface area (Å²) in [7, 11) is 0. The van der Waals surface area contributed by atoms with E-state index < -0.39 is 0 Å². The van der Waals surface area contributed by atoms with Gasteiger partial charge in [0.05, 0.1) is 0 Å². The molecule has 8 heteroatoms. The Labute approximate surface area is 173 Å². The molecule has 1 fully saturated rings. The van der Waals surface area contributed by atoms with Crippen LogP contribution in [-0.2, 0) is 0 Å². The van der Waals surface area contributed by atoms with Crippen molar-refractivity contribution in [2.45, 2.75) is 25.7 Å². The second kappa shape index (κ2) is 23.0. The van der Waals surface area contributed by atoms with Crippen LogP contribution in [0.2, 0.25) is 0 Å². The van der Waals surface area contributed by atoms with Crippen molar-refractivity contribution in [3.8, 4) is 0 Å². The van der Waals surface area contributed by atoms with Crippen molar-refractivity contribution in [2.24, 2.45) is 0 Å². The average Bonchev–Trinajstić information content (AvgIpc) is 2.71. The molecule has 0 atom stereocenters. The van der Waals surface area contributed by atoms with Gasteiger partial charge in [-0.15, -0.1) is 0 Å². The highest BCUT2D eigenvalue weighted by molar-refractivity contribution is 4.60. The molecule has 1 rings (SSSR count). The van der Waals surface area contributed by atoms with Crippen LogP contribution in [-0.4, -0.2) is 105 Å². The minimum absolute atomic E-state index is 1.06. The van der Waals surface area contributed by atoms with E-state index in [2.05, 4.69) is 42.5 Å². The van der Waals surface area contributed by atoms with E-state index in [9.17, 15) is 0 Å². The summed E-state index contributed by atoms with van der Waals surface area (Å²) in [6.07, 6.45) is 4.76. The second-order valence-corrected chi connectivity index (χ2v) is 7.41. The lowest BCUT2D eigenvalue weighted by atomic mass is 10.3. The monoisotopic (exact) mass is 400 g/mol. The Morgan fingerprint density at radius 3 is 0.464 bits per heavy atom. The van der Waals surface area contributed by atoms with E-state index >= 15 is 0 Å². The van der Waals surface area contributed by atoms with Crippen LogP contribution in [0.5, 0.6) is 0 Å². The predicted molar refractivity (Wildman–Crippen MR) is 121 cm³/mol. The van der Waals surface area contributed by atoms with Gasteiger partial charge >= 0.3 is 0 Å². The topological polar surface area (TPSA) is 96.2 Å². The zero-order valence-electron chi connectivity index (χ0n) is 18.1. The van der Waals surface area contributed by atoms with Crippen LogP contribution in [0.1, 0.15) is 25.7 Å². The average molecular weight is 401 g/mol. The second-order valence-electron chi connectivity index (χ2n) is 7.41. The van der Waals surface area contributed by atoms with Gasteiger partial charge in [0.15, 0.2) is 0 Å². The van der Waals surface area contributed by atoms with Gasteiger partial charge in [-0.05, 0) is 78.0 Å². The molecule has 1 aliphatic heterocycles. The number of rotatable bonds is 0. The molecule has 0 aromatic heterocycles. The first-order chi connectivity index (χ1) is 14.0. The third-order valence-electron chi connectivity index (χ3n) is 4.74. The molecule has 8 N–H and O–H groups in total. The summed E-state index contributed by atoms with van der Waals surface area (Å²) in [6, 6.07) is 0. The maximum absolute atomic E-state index is 3.50. The Hall–Kier alpha value is -0.320. The van der Waals surface area contributed by atoms with Crippen LogP contribution in [0.3, 0.4) is 0 Å². The van der Waals surface area contributed by atoms with Gasteiger partial charge < -0.3 is 42.5 Å². The summed E-state index contributed by atoms with van der Waals surface area (Å²) in [4.78, 5) is 0. The van der Waals surface area contributed by atoms with Gasteiger partial charge in [0.1, 0.15) is 0 Å². The van der Waals surface area contributed by atoms with Gasteiger partial charge in [-0.3, -0.25) is 0 Å². The van der Waals surface area contributed by atoms with E-state index in [0.717, 1.165) is 105 Å². The van der Waals surface area contributed by atoms with E-state index in [1.165, 1.54) is 25.7 Å². The summed E-state index contributed by atoms with van der Waals surface area (Å²) in [6.45, 7) is 17.2. The molecule has 8 nitrogen and oxygen atoms in total. The fourth-order valence-corrected chi connectivity index (χ4v) is 3.06. The van der Waals surface area contributed by atoms with E-state index in [4.69, 9.17) is 0 Å². The molecule has 0 saturated carbocycles. The first-order valence-electron chi connectivity index (χ1n) is 11.7. The van der Waals surface area contributed by atoms with Gasteiger partial charge in [0, 0.05) is 52.4 Å². The van der Waals surface area contributed by atoms with Crippen LogP contribution in [0, 0.1) is 0 Å². The maximum atomic E-state index is 3.50. The Morgan fingerprint density at radius 2 is 0.321 bits per heavy atom. The van der Waals surface area contributed by atoms with Crippen molar-refractivity contribution in [1.82, 2.24) is 42.5 Å². The third-order valence-corrected chi connectivity index (χ3v) is 4.74. The number of nitrogens with one attached hydrogen (secondary N) is 8. The predicted octanol–water partition coefficient (Wildman–Crippen LogP) is -1.72. The van der Waals surface area contributed by atoms with Crippen LogP contribution in [0.15, 0.2) is 0 Å². The Kier molecular flexibility index (Phi) is 21.1. The lowest BCUT2D eigenvalue weighted by Gasteiger charge is -2.10. The molecular formula is C20H48N8. The SMILES string of the molecule is C1CNCCNCCCNCCNCCCNCCNCCCNCCNC1. The summed E-state index contributed by atoms with van der Waals surface area (Å²) >= 11 is 0. The van der Waals surface area contributed by atoms with Gasteiger partial charge in [0.2, 0.25) is 0 Å². The highest BCUT2D eigenvalue weighted by Gasteiger charge is 1.94. The molecule has 1 saturated heterocycles. The highest BCUT2D eigenvalue weighted by Crippen LogP contribution is 1.77. The molecule has 0 aromatic rings. The molecule has 0 aromatic carbocycles. The quantitative estimate of drug-likeness (QED) is 0.243. The van der Waals surface area contributed by atoms with Crippen LogP contribution < -0.4 is 42.5 Å². The lowest BCUT2D eigenvalue weighted by molar-refractivity contribution is 0.530. The smallest absolute Gasteiger partial charge is 0.00767 e. The molecule has 168 valence electrons. The molecule has 0 aliphatic carbocycles. The third kappa shape index (κ3) is 20.4. The van der Waals surface area contributed by atoms with Crippen LogP contribution in [0.25, 0.3) is 0 Å². The zero-order chi connectivity index (χ0) is 19.8. The highest BCUT2D eigenvalue weighted by atomic mass is 15.0. The van der Waals surface area contributed by atoms with E-state index in [0.29, 0.717) is 0 Å². The van der Waals surface area contributed by atoms with Gasteiger partial charge in [-0.25, -0.2) is 0 Å². The molecule has 0 amide bonds. The first-order valence-corrected chi connectivity index (χ1v) is 11.7. The zero-order valence-corrected chi connectivity index (χ0v) is 18.1. The summed E-state index contributed by atoms with van der Waals surface area (Å²) < 4.78 is 0. The molecule has 1 aliphatic rings. The molecule has 28 heavy (non-hydrogen) atoms. The Bertz CT molecular complexity index is 159. The van der Waals surface area contributed by atoms with Crippen molar-refractivity contribution in [3.63, 3.8) is 0 Å². The fraction of sp³-hybridized carbons (Fsp3) is 1.00. The van der Waals surface area contributed by atoms with Gasteiger partial charge in [-0.2, -0.15) is 0 Å². The van der Waals surface area contributed by atoms with Crippen molar-refractivity contribution in [3.05, 3.63) is 0 Å². The Balaban J connectivity index is 2.00. The molecule has 0 radical (unpaired) electrons. The largest absolute Gasteiger partial charge is 0.315 e. The van der Waals surface area contributed by atoms with Crippen molar-refractivity contribution >= 4 is 0 Å². The molecule has 0 unspecified atom stereocenters. The van der Waals surface area contributed by atoms with Crippen LogP contribution in [0.4, 0.5) is 0 Å². The number of hydrogen-bond acceptors (Lipinski definition) is 8. The van der Waals surface area contributed by atoms with E-state index in [1.807, 2.05) is 0 Å². The van der Waals surface area contributed by atoms with Crippen molar-refractivity contribution < 1.29 is 0 Å². The maximum Gasteiger partial charge on any atom is 0.00767 e. The van der Waals surface area contributed by atoms with E-state index in [-0.39, 0.29) is 0 Å². The number of hydrogen-bond donors (Lipinski definition) is 8. The molecular weight excluding hydrogens is 352 g/mol. The molecule has 1 heterocycles. The normalized spacial score (nSPS) is 24.0. The summed E-state index contributed by atoms with van der Waals surface area (Å²) in [5, 5.41) is 28.0. The first kappa shape index (κ1) is 25.7. The van der Waals surface area contributed by atoms with E-state index in [1.54, 1.807) is 0 Å². The van der Waals surface area contributed by atoms with Crippen molar-refractivity contribution in [1.29, 1.82) is 0 Å².